The van der Waals surface area contributed by atoms with Crippen LogP contribution in [0.2, 0.25) is 0 Å². The number of hydrogen-bond donors (Lipinski definition) is 3. The molecule has 0 aliphatic carbocycles. The van der Waals surface area contributed by atoms with E-state index in [0.717, 1.165) is 35.5 Å². The lowest BCUT2D eigenvalue weighted by atomic mass is 10.1. The zero-order valence-electron chi connectivity index (χ0n) is 16.8. The molecule has 8 nitrogen and oxygen atoms in total. The smallest absolute Gasteiger partial charge is 0.319 e. The van der Waals surface area contributed by atoms with E-state index in [2.05, 4.69) is 25.8 Å². The average molecular weight is 404 g/mol. The van der Waals surface area contributed by atoms with Crippen molar-refractivity contribution in [2.24, 2.45) is 0 Å². The van der Waals surface area contributed by atoms with E-state index in [4.69, 9.17) is 0 Å². The van der Waals surface area contributed by atoms with Crippen molar-refractivity contribution in [3.05, 3.63) is 65.5 Å². The van der Waals surface area contributed by atoms with Crippen molar-refractivity contribution in [3.63, 3.8) is 0 Å². The van der Waals surface area contributed by atoms with Gasteiger partial charge in [0.2, 0.25) is 5.91 Å². The molecule has 1 fully saturated rings. The van der Waals surface area contributed by atoms with Crippen LogP contribution < -0.4 is 10.6 Å². The molecule has 1 aromatic heterocycles. The van der Waals surface area contributed by atoms with Gasteiger partial charge in [0, 0.05) is 37.3 Å². The van der Waals surface area contributed by atoms with E-state index in [-0.39, 0.29) is 11.9 Å². The summed E-state index contributed by atoms with van der Waals surface area (Å²) in [4.78, 5) is 30.3. The lowest BCUT2D eigenvalue weighted by molar-refractivity contribution is -0.128. The monoisotopic (exact) mass is 404 g/mol. The minimum atomic E-state index is -0.288. The summed E-state index contributed by atoms with van der Waals surface area (Å²) in [5.74, 6) is 1.57. The van der Waals surface area contributed by atoms with Gasteiger partial charge in [-0.2, -0.15) is 5.10 Å². The van der Waals surface area contributed by atoms with Crippen molar-refractivity contribution in [3.8, 4) is 11.4 Å². The molecule has 0 radical (unpaired) electrons. The molecule has 0 bridgehead atoms. The Morgan fingerprint density at radius 1 is 1.17 bits per heavy atom. The number of aromatic nitrogens is 3. The SMILES string of the molecule is Cc1nc(-c2cccc(CNC(=O)Nc3cccc(CN4CCCC4=O)c3)c2)n[nH]1. The molecule has 154 valence electrons. The van der Waals surface area contributed by atoms with Gasteiger partial charge in [-0.15, -0.1) is 0 Å². The Morgan fingerprint density at radius 3 is 2.77 bits per heavy atom. The summed E-state index contributed by atoms with van der Waals surface area (Å²) in [5, 5.41) is 12.7. The molecule has 3 aromatic rings. The zero-order valence-corrected chi connectivity index (χ0v) is 16.8. The highest BCUT2D eigenvalue weighted by Gasteiger charge is 2.20. The number of likely N-dealkylation sites (tertiary alicyclic amines) is 1. The van der Waals surface area contributed by atoms with Gasteiger partial charge in [0.05, 0.1) is 0 Å². The van der Waals surface area contributed by atoms with Crippen LogP contribution in [-0.4, -0.2) is 38.6 Å². The van der Waals surface area contributed by atoms with Gasteiger partial charge in [0.15, 0.2) is 5.82 Å². The molecule has 1 aliphatic rings. The van der Waals surface area contributed by atoms with E-state index in [1.807, 2.05) is 60.4 Å². The number of aryl methyl sites for hydroxylation is 1. The third-order valence-corrected chi connectivity index (χ3v) is 4.97. The van der Waals surface area contributed by atoms with Crippen molar-refractivity contribution in [1.82, 2.24) is 25.4 Å². The maximum atomic E-state index is 12.3. The molecule has 0 atom stereocenters. The molecule has 8 heteroatoms. The Labute approximate surface area is 174 Å². The number of nitrogens with one attached hydrogen (secondary N) is 3. The van der Waals surface area contributed by atoms with Gasteiger partial charge in [-0.1, -0.05) is 30.3 Å². The molecular formula is C22H24N6O2. The van der Waals surface area contributed by atoms with E-state index in [1.54, 1.807) is 0 Å². The Morgan fingerprint density at radius 2 is 2.00 bits per heavy atom. The number of carbonyl (C=O) groups excluding carboxylic acids is 2. The number of hydrogen-bond acceptors (Lipinski definition) is 4. The van der Waals surface area contributed by atoms with Gasteiger partial charge in [0.1, 0.15) is 5.82 Å². The number of anilines is 1. The highest BCUT2D eigenvalue weighted by atomic mass is 16.2. The number of amides is 3. The molecule has 0 unspecified atom stereocenters. The second kappa shape index (κ2) is 8.77. The molecular weight excluding hydrogens is 380 g/mol. The van der Waals surface area contributed by atoms with Crippen LogP contribution in [0.3, 0.4) is 0 Å². The maximum absolute atomic E-state index is 12.3. The molecule has 4 rings (SSSR count). The highest BCUT2D eigenvalue weighted by molar-refractivity contribution is 5.89. The summed E-state index contributed by atoms with van der Waals surface area (Å²) >= 11 is 0. The summed E-state index contributed by atoms with van der Waals surface area (Å²) in [5.41, 5.74) is 3.54. The summed E-state index contributed by atoms with van der Waals surface area (Å²) < 4.78 is 0. The second-order valence-electron chi connectivity index (χ2n) is 7.37. The van der Waals surface area contributed by atoms with Crippen LogP contribution in [0.4, 0.5) is 10.5 Å². The van der Waals surface area contributed by atoms with Crippen LogP contribution in [0.15, 0.2) is 48.5 Å². The van der Waals surface area contributed by atoms with Crippen LogP contribution in [0.1, 0.15) is 29.8 Å². The van der Waals surface area contributed by atoms with Crippen LogP contribution in [-0.2, 0) is 17.9 Å². The topological polar surface area (TPSA) is 103 Å². The molecule has 2 aromatic carbocycles. The van der Waals surface area contributed by atoms with Gasteiger partial charge in [-0.05, 0) is 42.7 Å². The van der Waals surface area contributed by atoms with Gasteiger partial charge in [0.25, 0.3) is 0 Å². The molecule has 1 saturated heterocycles. The largest absolute Gasteiger partial charge is 0.338 e. The van der Waals surface area contributed by atoms with Gasteiger partial charge in [-0.25, -0.2) is 9.78 Å². The fourth-order valence-electron chi connectivity index (χ4n) is 3.49. The summed E-state index contributed by atoms with van der Waals surface area (Å²) in [6, 6.07) is 15.0. The van der Waals surface area contributed by atoms with Gasteiger partial charge >= 0.3 is 6.03 Å². The summed E-state index contributed by atoms with van der Waals surface area (Å²) in [6.45, 7) is 3.60. The second-order valence-corrected chi connectivity index (χ2v) is 7.37. The van der Waals surface area contributed by atoms with Gasteiger partial charge < -0.3 is 15.5 Å². The fourth-order valence-corrected chi connectivity index (χ4v) is 3.49. The predicted octanol–water partition coefficient (Wildman–Crippen LogP) is 3.22. The third-order valence-electron chi connectivity index (χ3n) is 4.97. The zero-order chi connectivity index (χ0) is 20.9. The number of urea groups is 1. The minimum Gasteiger partial charge on any atom is -0.338 e. The van der Waals surface area contributed by atoms with Crippen molar-refractivity contribution < 1.29 is 9.59 Å². The predicted molar refractivity (Wildman–Crippen MR) is 114 cm³/mol. The lowest BCUT2D eigenvalue weighted by Gasteiger charge is -2.16. The quantitative estimate of drug-likeness (QED) is 0.587. The summed E-state index contributed by atoms with van der Waals surface area (Å²) in [6.07, 6.45) is 1.54. The van der Waals surface area contributed by atoms with Crippen molar-refractivity contribution in [2.45, 2.75) is 32.9 Å². The van der Waals surface area contributed by atoms with E-state index in [1.165, 1.54) is 0 Å². The van der Waals surface area contributed by atoms with E-state index >= 15 is 0 Å². The van der Waals surface area contributed by atoms with Crippen molar-refractivity contribution in [2.75, 3.05) is 11.9 Å². The molecule has 30 heavy (non-hydrogen) atoms. The average Bonchev–Trinajstić information content (AvgIpc) is 3.35. The normalized spacial score (nSPS) is 13.5. The first-order chi connectivity index (χ1) is 14.6. The number of nitrogens with zero attached hydrogens (tertiary/aromatic N) is 3. The first-order valence-electron chi connectivity index (χ1n) is 9.97. The minimum absolute atomic E-state index is 0.188. The van der Waals surface area contributed by atoms with E-state index in [9.17, 15) is 9.59 Å². The van der Waals surface area contributed by atoms with Crippen LogP contribution in [0.25, 0.3) is 11.4 Å². The first-order valence-corrected chi connectivity index (χ1v) is 9.97. The highest BCUT2D eigenvalue weighted by Crippen LogP contribution is 2.18. The standard InChI is InChI=1S/C22H24N6O2/c1-15-24-21(27-26-15)18-7-2-5-16(11-18)13-23-22(30)25-19-8-3-6-17(12-19)14-28-10-4-9-20(28)29/h2-3,5-8,11-12H,4,9-10,13-14H2,1H3,(H2,23,25,30)(H,24,26,27). The molecule has 2 heterocycles. The Hall–Kier alpha value is -3.68. The molecule has 3 N–H and O–H groups in total. The molecule has 0 spiro atoms. The third kappa shape index (κ3) is 4.83. The fraction of sp³-hybridized carbons (Fsp3) is 0.273. The number of rotatable bonds is 6. The lowest BCUT2D eigenvalue weighted by Crippen LogP contribution is -2.28. The Kier molecular flexibility index (Phi) is 5.74. The molecule has 0 saturated carbocycles. The van der Waals surface area contributed by atoms with Crippen LogP contribution >= 0.6 is 0 Å². The summed E-state index contributed by atoms with van der Waals surface area (Å²) in [7, 11) is 0. The van der Waals surface area contributed by atoms with E-state index in [0.29, 0.717) is 31.0 Å². The van der Waals surface area contributed by atoms with Crippen LogP contribution in [0.5, 0.6) is 0 Å². The molecule has 3 amide bonds. The Balaban J connectivity index is 1.33. The first kappa shape index (κ1) is 19.6. The van der Waals surface area contributed by atoms with Crippen molar-refractivity contribution >= 4 is 17.6 Å². The van der Waals surface area contributed by atoms with Gasteiger partial charge in [-0.3, -0.25) is 9.89 Å². The number of H-pyrrole nitrogens is 1. The number of benzene rings is 2. The molecule has 1 aliphatic heterocycles. The van der Waals surface area contributed by atoms with Crippen molar-refractivity contribution in [1.29, 1.82) is 0 Å². The van der Waals surface area contributed by atoms with E-state index < -0.39 is 0 Å². The number of carbonyl (C=O) groups is 2. The van der Waals surface area contributed by atoms with Crippen LogP contribution in [0, 0.1) is 6.92 Å². The maximum Gasteiger partial charge on any atom is 0.319 e. The number of aromatic amines is 1. The Bertz CT molecular complexity index is 1060.